The zero-order chi connectivity index (χ0) is 22.5. The van der Waals surface area contributed by atoms with E-state index in [1.807, 2.05) is 54.6 Å². The highest BCUT2D eigenvalue weighted by molar-refractivity contribution is 6.30. The Hall–Kier alpha value is -2.89. The maximum absolute atomic E-state index is 13.6. The molecule has 32 heavy (non-hydrogen) atoms. The van der Waals surface area contributed by atoms with Crippen molar-refractivity contribution in [3.8, 4) is 5.75 Å². The number of nitrogens with zero attached hydrogens (tertiary/aromatic N) is 2. The lowest BCUT2D eigenvalue weighted by Gasteiger charge is -2.37. The molecule has 3 aromatic carbocycles. The van der Waals surface area contributed by atoms with E-state index in [0.29, 0.717) is 17.1 Å². The Balaban J connectivity index is 1.49. The fraction of sp³-hybridized carbons (Fsp3) is 0.269. The van der Waals surface area contributed by atoms with Gasteiger partial charge in [0.1, 0.15) is 11.6 Å². The molecule has 1 aliphatic heterocycles. The van der Waals surface area contributed by atoms with Crippen LogP contribution in [0.5, 0.6) is 5.75 Å². The van der Waals surface area contributed by atoms with E-state index in [1.54, 1.807) is 19.2 Å². The third-order valence-electron chi connectivity index (χ3n) is 5.95. The first kappa shape index (κ1) is 22.3. The average Bonchev–Trinajstić information content (AvgIpc) is 2.83. The highest BCUT2D eigenvalue weighted by Crippen LogP contribution is 2.26. The lowest BCUT2D eigenvalue weighted by atomic mass is 9.90. The number of methoxy groups -OCH3 is 1. The molecule has 0 aromatic heterocycles. The zero-order valence-electron chi connectivity index (χ0n) is 18.0. The van der Waals surface area contributed by atoms with E-state index in [0.717, 1.165) is 43.2 Å². The molecule has 0 spiro atoms. The summed E-state index contributed by atoms with van der Waals surface area (Å²) in [5.41, 5.74) is 2.50. The molecule has 0 saturated carbocycles. The molecule has 1 heterocycles. The first-order valence-electron chi connectivity index (χ1n) is 10.7. The minimum absolute atomic E-state index is 0.0718. The van der Waals surface area contributed by atoms with Crippen molar-refractivity contribution in [3.05, 3.63) is 94.8 Å². The quantitative estimate of drug-likeness (QED) is 0.457. The van der Waals surface area contributed by atoms with Crippen LogP contribution in [-0.4, -0.2) is 50.5 Å². The van der Waals surface area contributed by atoms with Crippen LogP contribution in [0.25, 0.3) is 0 Å². The Labute approximate surface area is 193 Å². The summed E-state index contributed by atoms with van der Waals surface area (Å²) in [6.45, 7) is 3.79. The predicted molar refractivity (Wildman–Crippen MR) is 127 cm³/mol. The largest absolute Gasteiger partial charge is 0.497 e. The molecule has 1 saturated heterocycles. The number of carbonyl (C=O) groups excluding carboxylic acids is 1. The number of halogens is 2. The second-order valence-electron chi connectivity index (χ2n) is 7.96. The van der Waals surface area contributed by atoms with Crippen LogP contribution in [0.15, 0.2) is 72.8 Å². The van der Waals surface area contributed by atoms with Crippen LogP contribution in [0.2, 0.25) is 5.02 Å². The molecule has 1 aliphatic rings. The summed E-state index contributed by atoms with van der Waals surface area (Å²) in [7, 11) is 1.61. The van der Waals surface area contributed by atoms with E-state index >= 15 is 0 Å². The highest BCUT2D eigenvalue weighted by atomic mass is 35.5. The van der Waals surface area contributed by atoms with Crippen LogP contribution in [0.4, 0.5) is 10.1 Å². The Morgan fingerprint density at radius 1 is 1.00 bits per heavy atom. The van der Waals surface area contributed by atoms with Crippen molar-refractivity contribution >= 4 is 23.1 Å². The van der Waals surface area contributed by atoms with Gasteiger partial charge in [-0.3, -0.25) is 9.69 Å². The Kier molecular flexibility index (Phi) is 7.08. The summed E-state index contributed by atoms with van der Waals surface area (Å²) in [5, 5.41) is 0.646. The number of benzene rings is 3. The number of piperazine rings is 1. The van der Waals surface area contributed by atoms with Gasteiger partial charge in [-0.25, -0.2) is 4.39 Å². The summed E-state index contributed by atoms with van der Waals surface area (Å²) in [4.78, 5) is 18.0. The number of Topliss-reactive ketones (excluding diaryl/α,β-unsaturated/α-hetero) is 1. The number of carbonyl (C=O) groups is 1. The Morgan fingerprint density at radius 3 is 2.31 bits per heavy atom. The van der Waals surface area contributed by atoms with Gasteiger partial charge in [0.05, 0.1) is 13.0 Å². The van der Waals surface area contributed by atoms with Crippen LogP contribution in [-0.2, 0) is 0 Å². The minimum atomic E-state index is -0.304. The molecule has 0 amide bonds. The lowest BCUT2D eigenvalue weighted by molar-refractivity contribution is 0.0931. The van der Waals surface area contributed by atoms with Gasteiger partial charge in [-0.05, 0) is 60.2 Å². The molecular formula is C26H26ClFN2O2. The van der Waals surface area contributed by atoms with Gasteiger partial charge in [0.25, 0.3) is 0 Å². The lowest BCUT2D eigenvalue weighted by Crippen LogP contribution is -2.48. The molecule has 4 rings (SSSR count). The summed E-state index contributed by atoms with van der Waals surface area (Å²) in [5.74, 6) is 0.264. The van der Waals surface area contributed by atoms with E-state index in [1.165, 1.54) is 6.07 Å². The predicted octanol–water partition coefficient (Wildman–Crippen LogP) is 5.28. The van der Waals surface area contributed by atoms with Gasteiger partial charge in [-0.15, -0.1) is 0 Å². The molecular weight excluding hydrogens is 427 g/mol. The van der Waals surface area contributed by atoms with E-state index < -0.39 is 0 Å². The number of ether oxygens (including phenoxy) is 1. The highest BCUT2D eigenvalue weighted by Gasteiger charge is 2.27. The zero-order valence-corrected chi connectivity index (χ0v) is 18.8. The monoisotopic (exact) mass is 452 g/mol. The van der Waals surface area contributed by atoms with Gasteiger partial charge in [0, 0.05) is 49.0 Å². The van der Waals surface area contributed by atoms with E-state index in [2.05, 4.69) is 9.80 Å². The minimum Gasteiger partial charge on any atom is -0.497 e. The summed E-state index contributed by atoms with van der Waals surface area (Å²) >= 11 is 6.08. The molecule has 0 unspecified atom stereocenters. The van der Waals surface area contributed by atoms with Crippen LogP contribution in [0, 0.1) is 5.82 Å². The summed E-state index contributed by atoms with van der Waals surface area (Å²) in [6, 6.07) is 21.4. The maximum Gasteiger partial charge on any atom is 0.171 e. The van der Waals surface area contributed by atoms with Gasteiger partial charge in [-0.2, -0.15) is 0 Å². The second-order valence-corrected chi connectivity index (χ2v) is 8.40. The van der Waals surface area contributed by atoms with Crippen molar-refractivity contribution in [3.63, 3.8) is 0 Å². The molecule has 0 N–H and O–H groups in total. The van der Waals surface area contributed by atoms with E-state index in [9.17, 15) is 9.18 Å². The third kappa shape index (κ3) is 5.29. The van der Waals surface area contributed by atoms with Crippen molar-refractivity contribution in [1.29, 1.82) is 0 Å². The van der Waals surface area contributed by atoms with Crippen LogP contribution in [0.1, 0.15) is 21.8 Å². The first-order chi connectivity index (χ1) is 15.5. The number of ketones is 1. The molecule has 3 aromatic rings. The Bertz CT molecular complexity index is 1050. The van der Waals surface area contributed by atoms with Gasteiger partial charge in [0.2, 0.25) is 0 Å². The van der Waals surface area contributed by atoms with Crippen molar-refractivity contribution in [2.75, 3.05) is 44.7 Å². The van der Waals surface area contributed by atoms with Crippen LogP contribution in [0.3, 0.4) is 0 Å². The van der Waals surface area contributed by atoms with Gasteiger partial charge >= 0.3 is 0 Å². The van der Waals surface area contributed by atoms with Crippen LogP contribution < -0.4 is 9.64 Å². The maximum atomic E-state index is 13.6. The average molecular weight is 453 g/mol. The van der Waals surface area contributed by atoms with Crippen LogP contribution >= 0.6 is 11.6 Å². The fourth-order valence-corrected chi connectivity index (χ4v) is 4.24. The van der Waals surface area contributed by atoms with Gasteiger partial charge in [0.15, 0.2) is 5.78 Å². The Morgan fingerprint density at radius 2 is 1.69 bits per heavy atom. The fourth-order valence-electron chi connectivity index (χ4n) is 4.11. The molecule has 0 radical (unpaired) electrons. The van der Waals surface area contributed by atoms with Gasteiger partial charge < -0.3 is 9.64 Å². The standard InChI is InChI=1S/C26H26ClFN2O2/c1-32-24-11-7-20(8-12-24)26(31)25(19-5-9-21(27)10-6-19)18-29-13-15-30(16-14-29)23-4-2-3-22(28)17-23/h2-12,17,25H,13-16,18H2,1H3/t25-/m1/s1. The van der Waals surface area contributed by atoms with E-state index in [-0.39, 0.29) is 17.5 Å². The number of rotatable bonds is 7. The van der Waals surface area contributed by atoms with Gasteiger partial charge in [-0.1, -0.05) is 29.8 Å². The SMILES string of the molecule is COc1ccc(C(=O)[C@H](CN2CCN(c3cccc(F)c3)CC2)c2ccc(Cl)cc2)cc1. The molecule has 0 aliphatic carbocycles. The van der Waals surface area contributed by atoms with Crippen molar-refractivity contribution in [1.82, 2.24) is 4.90 Å². The van der Waals surface area contributed by atoms with E-state index in [4.69, 9.17) is 16.3 Å². The second kappa shape index (κ2) is 10.2. The summed E-state index contributed by atoms with van der Waals surface area (Å²) < 4.78 is 18.8. The molecule has 0 bridgehead atoms. The third-order valence-corrected chi connectivity index (χ3v) is 6.20. The normalized spacial score (nSPS) is 15.4. The van der Waals surface area contributed by atoms with Crippen molar-refractivity contribution in [2.24, 2.45) is 0 Å². The summed E-state index contributed by atoms with van der Waals surface area (Å²) in [6.07, 6.45) is 0. The number of anilines is 1. The molecule has 6 heteroatoms. The van der Waals surface area contributed by atoms with Crippen molar-refractivity contribution in [2.45, 2.75) is 5.92 Å². The first-order valence-corrected chi connectivity index (χ1v) is 11.1. The number of hydrogen-bond acceptors (Lipinski definition) is 4. The molecule has 4 nitrogen and oxygen atoms in total. The number of hydrogen-bond donors (Lipinski definition) is 0. The van der Waals surface area contributed by atoms with Crippen molar-refractivity contribution < 1.29 is 13.9 Å². The molecule has 1 fully saturated rings. The smallest absolute Gasteiger partial charge is 0.171 e. The molecule has 1 atom stereocenters. The molecule has 166 valence electrons. The topological polar surface area (TPSA) is 32.8 Å².